The summed E-state index contributed by atoms with van der Waals surface area (Å²) in [5, 5.41) is 9.99. The summed E-state index contributed by atoms with van der Waals surface area (Å²) in [7, 11) is 1.79. The zero-order valence-corrected chi connectivity index (χ0v) is 9.30. The molecule has 1 aromatic heterocycles. The van der Waals surface area contributed by atoms with E-state index in [0.717, 1.165) is 19.5 Å². The molecule has 6 heteroatoms. The fourth-order valence-electron chi connectivity index (χ4n) is 1.57. The molecule has 3 N–H and O–H groups in total. The van der Waals surface area contributed by atoms with Gasteiger partial charge in [0, 0.05) is 19.6 Å². The molecule has 1 aliphatic rings. The summed E-state index contributed by atoms with van der Waals surface area (Å²) in [5.41, 5.74) is 0. The van der Waals surface area contributed by atoms with Crippen molar-refractivity contribution in [3.8, 4) is 0 Å². The molecule has 1 saturated heterocycles. The Balaban J connectivity index is 2.07. The van der Waals surface area contributed by atoms with Gasteiger partial charge in [0.05, 0.1) is 6.20 Å². The van der Waals surface area contributed by atoms with Gasteiger partial charge in [-0.15, -0.1) is 0 Å². The van der Waals surface area contributed by atoms with Crippen molar-refractivity contribution < 1.29 is 0 Å². The maximum absolute atomic E-state index is 5.89. The molecule has 15 heavy (non-hydrogen) atoms. The molecule has 0 saturated carbocycles. The third-order valence-electron chi connectivity index (χ3n) is 2.37. The first-order valence-corrected chi connectivity index (χ1v) is 5.35. The van der Waals surface area contributed by atoms with Crippen LogP contribution in [-0.2, 0) is 0 Å². The minimum absolute atomic E-state index is 0.413. The van der Waals surface area contributed by atoms with Crippen LogP contribution in [0.5, 0.6) is 0 Å². The van der Waals surface area contributed by atoms with Crippen molar-refractivity contribution in [2.45, 2.75) is 12.5 Å². The van der Waals surface area contributed by atoms with Crippen molar-refractivity contribution in [3.05, 3.63) is 11.2 Å². The maximum atomic E-state index is 5.89. The Labute approximate surface area is 93.6 Å². The molecule has 1 atom stereocenters. The minimum atomic E-state index is 0.413. The molecule has 5 nitrogen and oxygen atoms in total. The van der Waals surface area contributed by atoms with Crippen molar-refractivity contribution in [2.24, 2.45) is 0 Å². The molecule has 2 heterocycles. The highest BCUT2D eigenvalue weighted by molar-refractivity contribution is 6.32. The van der Waals surface area contributed by atoms with Crippen LogP contribution in [0.4, 0.5) is 11.8 Å². The molecule has 0 spiro atoms. The second kappa shape index (κ2) is 4.63. The quantitative estimate of drug-likeness (QED) is 0.718. The molecule has 1 unspecified atom stereocenters. The fraction of sp³-hybridized carbons (Fsp3) is 0.556. The SMILES string of the molecule is CNc1nc(NC2CCNC2)ncc1Cl. The summed E-state index contributed by atoms with van der Waals surface area (Å²) in [6.45, 7) is 2.00. The van der Waals surface area contributed by atoms with Crippen LogP contribution in [0.2, 0.25) is 5.02 Å². The molecule has 1 aliphatic heterocycles. The van der Waals surface area contributed by atoms with Crippen LogP contribution in [0.3, 0.4) is 0 Å². The van der Waals surface area contributed by atoms with Gasteiger partial charge in [-0.25, -0.2) is 4.98 Å². The number of nitrogens with one attached hydrogen (secondary N) is 3. The molecule has 82 valence electrons. The number of halogens is 1. The van der Waals surface area contributed by atoms with E-state index in [2.05, 4.69) is 25.9 Å². The lowest BCUT2D eigenvalue weighted by Crippen LogP contribution is -2.23. The molecule has 2 rings (SSSR count). The van der Waals surface area contributed by atoms with E-state index in [1.165, 1.54) is 0 Å². The van der Waals surface area contributed by atoms with Crippen LogP contribution in [0.25, 0.3) is 0 Å². The number of rotatable bonds is 3. The topological polar surface area (TPSA) is 61.9 Å². The average molecular weight is 228 g/mol. The Morgan fingerprint density at radius 1 is 1.60 bits per heavy atom. The van der Waals surface area contributed by atoms with E-state index in [1.54, 1.807) is 13.2 Å². The van der Waals surface area contributed by atoms with Gasteiger partial charge in [-0.2, -0.15) is 4.98 Å². The van der Waals surface area contributed by atoms with Gasteiger partial charge in [-0.3, -0.25) is 0 Å². The third kappa shape index (κ3) is 2.49. The van der Waals surface area contributed by atoms with Crippen molar-refractivity contribution in [1.29, 1.82) is 0 Å². The lowest BCUT2D eigenvalue weighted by Gasteiger charge is -2.12. The Morgan fingerprint density at radius 2 is 2.47 bits per heavy atom. The van der Waals surface area contributed by atoms with E-state index in [0.29, 0.717) is 22.8 Å². The van der Waals surface area contributed by atoms with Gasteiger partial charge >= 0.3 is 0 Å². The van der Waals surface area contributed by atoms with Crippen molar-refractivity contribution in [2.75, 3.05) is 30.8 Å². The van der Waals surface area contributed by atoms with E-state index < -0.39 is 0 Å². The molecule has 0 aromatic carbocycles. The highest BCUT2D eigenvalue weighted by Crippen LogP contribution is 2.19. The molecule has 1 aromatic rings. The number of nitrogens with zero attached hydrogens (tertiary/aromatic N) is 2. The van der Waals surface area contributed by atoms with Gasteiger partial charge in [-0.1, -0.05) is 11.6 Å². The first kappa shape index (κ1) is 10.4. The summed E-state index contributed by atoms with van der Waals surface area (Å²) >= 11 is 5.89. The molecule has 0 amide bonds. The highest BCUT2D eigenvalue weighted by Gasteiger charge is 2.15. The van der Waals surface area contributed by atoms with Gasteiger partial charge in [0.15, 0.2) is 0 Å². The number of anilines is 2. The molecular formula is C9H14ClN5. The van der Waals surface area contributed by atoms with Crippen molar-refractivity contribution >= 4 is 23.4 Å². The van der Waals surface area contributed by atoms with Gasteiger partial charge in [0.2, 0.25) is 5.95 Å². The second-order valence-electron chi connectivity index (χ2n) is 3.47. The van der Waals surface area contributed by atoms with Gasteiger partial charge in [0.1, 0.15) is 10.8 Å². The first-order chi connectivity index (χ1) is 7.29. The lowest BCUT2D eigenvalue weighted by atomic mass is 10.3. The lowest BCUT2D eigenvalue weighted by molar-refractivity contribution is 0.781. The van der Waals surface area contributed by atoms with E-state index in [4.69, 9.17) is 11.6 Å². The van der Waals surface area contributed by atoms with Gasteiger partial charge in [0.25, 0.3) is 0 Å². The van der Waals surface area contributed by atoms with Crippen LogP contribution < -0.4 is 16.0 Å². The average Bonchev–Trinajstić information content (AvgIpc) is 2.73. The monoisotopic (exact) mass is 227 g/mol. The van der Waals surface area contributed by atoms with Crippen LogP contribution in [0, 0.1) is 0 Å². The van der Waals surface area contributed by atoms with Crippen LogP contribution >= 0.6 is 11.6 Å². The summed E-state index contributed by atoms with van der Waals surface area (Å²) in [5.74, 6) is 1.28. The number of hydrogen-bond acceptors (Lipinski definition) is 5. The molecule has 0 bridgehead atoms. The summed E-state index contributed by atoms with van der Waals surface area (Å²) in [6, 6.07) is 0.413. The van der Waals surface area contributed by atoms with Crippen molar-refractivity contribution in [3.63, 3.8) is 0 Å². The Morgan fingerprint density at radius 3 is 3.13 bits per heavy atom. The molecule has 0 aliphatic carbocycles. The minimum Gasteiger partial charge on any atom is -0.372 e. The normalized spacial score (nSPS) is 20.3. The predicted octanol–water partition coefficient (Wildman–Crippen LogP) is 0.945. The second-order valence-corrected chi connectivity index (χ2v) is 3.88. The Kier molecular flexibility index (Phi) is 3.23. The fourth-order valence-corrected chi connectivity index (χ4v) is 1.76. The van der Waals surface area contributed by atoms with Crippen LogP contribution in [-0.4, -0.2) is 36.1 Å². The molecule has 1 fully saturated rings. The zero-order chi connectivity index (χ0) is 10.7. The first-order valence-electron chi connectivity index (χ1n) is 4.97. The smallest absolute Gasteiger partial charge is 0.224 e. The number of aromatic nitrogens is 2. The standard InChI is InChI=1S/C9H14ClN5/c1-11-8-7(10)5-13-9(15-8)14-6-2-3-12-4-6/h5-6,12H,2-4H2,1H3,(H2,11,13,14,15). The predicted molar refractivity (Wildman–Crippen MR) is 61.5 cm³/mol. The van der Waals surface area contributed by atoms with E-state index >= 15 is 0 Å². The van der Waals surface area contributed by atoms with Gasteiger partial charge < -0.3 is 16.0 Å². The van der Waals surface area contributed by atoms with E-state index in [1.807, 2.05) is 0 Å². The highest BCUT2D eigenvalue weighted by atomic mass is 35.5. The third-order valence-corrected chi connectivity index (χ3v) is 2.65. The van der Waals surface area contributed by atoms with Crippen LogP contribution in [0.1, 0.15) is 6.42 Å². The number of hydrogen-bond donors (Lipinski definition) is 3. The summed E-state index contributed by atoms with van der Waals surface area (Å²) in [6.07, 6.45) is 2.70. The summed E-state index contributed by atoms with van der Waals surface area (Å²) in [4.78, 5) is 8.39. The Hall–Kier alpha value is -1.07. The molecule has 0 radical (unpaired) electrons. The largest absolute Gasteiger partial charge is 0.372 e. The van der Waals surface area contributed by atoms with E-state index in [-0.39, 0.29) is 0 Å². The van der Waals surface area contributed by atoms with Crippen LogP contribution in [0.15, 0.2) is 6.20 Å². The van der Waals surface area contributed by atoms with Gasteiger partial charge in [-0.05, 0) is 13.0 Å². The van der Waals surface area contributed by atoms with E-state index in [9.17, 15) is 0 Å². The summed E-state index contributed by atoms with van der Waals surface area (Å²) < 4.78 is 0. The molecular weight excluding hydrogens is 214 g/mol. The maximum Gasteiger partial charge on any atom is 0.224 e. The van der Waals surface area contributed by atoms with Crippen molar-refractivity contribution in [1.82, 2.24) is 15.3 Å². The Bertz CT molecular complexity index is 337. The zero-order valence-electron chi connectivity index (χ0n) is 8.55.